The topological polar surface area (TPSA) is 32.7 Å². The van der Waals surface area contributed by atoms with Crippen molar-refractivity contribution in [3.05, 3.63) is 62.5 Å². The lowest BCUT2D eigenvalue weighted by molar-refractivity contribution is -0.120. The average Bonchev–Trinajstić information content (AvgIpc) is 2.35. The van der Waals surface area contributed by atoms with Gasteiger partial charge in [0.05, 0.1) is 0 Å². The average molecular weight is 258 g/mol. The number of aliphatic imine (C=N–C) groups is 1. The molecule has 0 radical (unpaired) electrons. The van der Waals surface area contributed by atoms with Crippen molar-refractivity contribution in [2.24, 2.45) is 10.4 Å². The van der Waals surface area contributed by atoms with E-state index in [9.17, 15) is 4.79 Å². The number of nitrogens with zero attached hydrogens (tertiary/aromatic N) is 2. The van der Waals surface area contributed by atoms with Crippen molar-refractivity contribution in [2.75, 3.05) is 0 Å². The lowest BCUT2D eigenvalue weighted by atomic mass is 9.87. The first-order chi connectivity index (χ1) is 8.81. The van der Waals surface area contributed by atoms with Crippen LogP contribution >= 0.6 is 0 Å². The molecule has 0 N–H and O–H groups in total. The van der Waals surface area contributed by atoms with Crippen molar-refractivity contribution >= 4 is 11.7 Å². The third kappa shape index (κ3) is 4.92. The zero-order valence-electron chi connectivity index (χ0n) is 12.0. The molecule has 0 atom stereocenters. The number of rotatable bonds is 5. The third-order valence-electron chi connectivity index (χ3n) is 2.42. The molecular formula is C16H22N2O. The zero-order valence-corrected chi connectivity index (χ0v) is 12.0. The van der Waals surface area contributed by atoms with Gasteiger partial charge in [0, 0.05) is 12.4 Å². The SMILES string of the molecule is C=C/N=C(/C=C)N(/C=C(\C=C)C(C)(C)C)C(=O)C=C. The highest BCUT2D eigenvalue weighted by Gasteiger charge is 2.19. The highest BCUT2D eigenvalue weighted by Crippen LogP contribution is 2.26. The van der Waals surface area contributed by atoms with E-state index in [0.29, 0.717) is 5.84 Å². The number of hydrogen-bond donors (Lipinski definition) is 0. The second-order valence-corrected chi connectivity index (χ2v) is 4.82. The number of amidine groups is 1. The molecule has 0 saturated heterocycles. The molecule has 3 nitrogen and oxygen atoms in total. The molecule has 0 aliphatic rings. The van der Waals surface area contributed by atoms with E-state index in [1.807, 2.05) is 20.8 Å². The Morgan fingerprint density at radius 2 is 1.63 bits per heavy atom. The van der Waals surface area contributed by atoms with Crippen LogP contribution < -0.4 is 0 Å². The van der Waals surface area contributed by atoms with Crippen LogP contribution in [0.4, 0.5) is 0 Å². The molecule has 0 bridgehead atoms. The van der Waals surface area contributed by atoms with Crippen molar-refractivity contribution < 1.29 is 4.79 Å². The van der Waals surface area contributed by atoms with Gasteiger partial charge in [0.1, 0.15) is 5.84 Å². The minimum absolute atomic E-state index is 0.137. The van der Waals surface area contributed by atoms with Gasteiger partial charge in [-0.15, -0.1) is 0 Å². The second kappa shape index (κ2) is 7.31. The van der Waals surface area contributed by atoms with Gasteiger partial charge in [0.25, 0.3) is 5.91 Å². The number of carbonyl (C=O) groups is 1. The summed E-state index contributed by atoms with van der Waals surface area (Å²) in [5.74, 6) is 0.104. The van der Waals surface area contributed by atoms with Gasteiger partial charge in [-0.3, -0.25) is 9.69 Å². The molecule has 0 fully saturated rings. The second-order valence-electron chi connectivity index (χ2n) is 4.82. The minimum Gasteiger partial charge on any atom is -0.269 e. The molecule has 0 saturated carbocycles. The first-order valence-electron chi connectivity index (χ1n) is 5.93. The predicted molar refractivity (Wildman–Crippen MR) is 82.6 cm³/mol. The highest BCUT2D eigenvalue weighted by atomic mass is 16.2. The van der Waals surface area contributed by atoms with Crippen molar-refractivity contribution in [1.29, 1.82) is 0 Å². The summed E-state index contributed by atoms with van der Waals surface area (Å²) in [6.07, 6.45) is 7.49. The fourth-order valence-corrected chi connectivity index (χ4v) is 1.34. The van der Waals surface area contributed by atoms with Crippen molar-refractivity contribution in [3.8, 4) is 0 Å². The van der Waals surface area contributed by atoms with E-state index in [-0.39, 0.29) is 11.3 Å². The molecule has 0 aliphatic heterocycles. The Morgan fingerprint density at radius 3 is 1.95 bits per heavy atom. The van der Waals surface area contributed by atoms with Gasteiger partial charge in [0.15, 0.2) is 0 Å². The molecule has 102 valence electrons. The quantitative estimate of drug-likeness (QED) is 0.319. The van der Waals surface area contributed by atoms with Crippen LogP contribution in [0, 0.1) is 5.41 Å². The molecule has 0 aromatic heterocycles. The lowest BCUT2D eigenvalue weighted by Crippen LogP contribution is -2.30. The van der Waals surface area contributed by atoms with Gasteiger partial charge in [-0.05, 0) is 23.1 Å². The Balaban J connectivity index is 5.82. The maximum Gasteiger partial charge on any atom is 0.255 e. The van der Waals surface area contributed by atoms with Crippen LogP contribution in [0.3, 0.4) is 0 Å². The predicted octanol–water partition coefficient (Wildman–Crippen LogP) is 3.85. The van der Waals surface area contributed by atoms with Crippen LogP contribution in [0.15, 0.2) is 67.5 Å². The lowest BCUT2D eigenvalue weighted by Gasteiger charge is -2.24. The molecule has 0 aliphatic carbocycles. The molecule has 1 amide bonds. The zero-order chi connectivity index (χ0) is 15.1. The van der Waals surface area contributed by atoms with E-state index >= 15 is 0 Å². The van der Waals surface area contributed by atoms with E-state index in [0.717, 1.165) is 5.57 Å². The Morgan fingerprint density at radius 1 is 1.05 bits per heavy atom. The summed E-state index contributed by atoms with van der Waals surface area (Å²) >= 11 is 0. The molecule has 0 rings (SSSR count). The molecule has 3 heteroatoms. The normalized spacial score (nSPS) is 12.6. The maximum absolute atomic E-state index is 11.9. The van der Waals surface area contributed by atoms with Crippen molar-refractivity contribution in [2.45, 2.75) is 20.8 Å². The van der Waals surface area contributed by atoms with Crippen LogP contribution in [0.1, 0.15) is 20.8 Å². The first-order valence-corrected chi connectivity index (χ1v) is 5.93. The smallest absolute Gasteiger partial charge is 0.255 e. The maximum atomic E-state index is 11.9. The molecule has 0 spiro atoms. The molecular weight excluding hydrogens is 236 g/mol. The standard InChI is InChI=1S/C16H22N2O/c1-8-13(16(5,6)7)12-18(15(19)10-3)14(9-2)17-11-4/h8-12H,1-4H2,5-7H3/b13-12+,17-14-. The summed E-state index contributed by atoms with van der Waals surface area (Å²) in [7, 11) is 0. The Bertz CT molecular complexity index is 448. The van der Waals surface area contributed by atoms with E-state index in [1.54, 1.807) is 12.3 Å². The minimum atomic E-state index is -0.288. The van der Waals surface area contributed by atoms with Crippen molar-refractivity contribution in [1.82, 2.24) is 4.90 Å². The van der Waals surface area contributed by atoms with Gasteiger partial charge in [0.2, 0.25) is 0 Å². The Kier molecular flexibility index (Phi) is 6.48. The fraction of sp³-hybridized carbons (Fsp3) is 0.250. The van der Waals surface area contributed by atoms with Crippen molar-refractivity contribution in [3.63, 3.8) is 0 Å². The van der Waals surface area contributed by atoms with Gasteiger partial charge in [-0.2, -0.15) is 0 Å². The largest absolute Gasteiger partial charge is 0.269 e. The number of hydrogen-bond acceptors (Lipinski definition) is 2. The number of amides is 1. The number of carbonyl (C=O) groups excluding carboxylic acids is 1. The van der Waals surface area contributed by atoms with E-state index < -0.39 is 0 Å². The third-order valence-corrected chi connectivity index (χ3v) is 2.42. The summed E-state index contributed by atoms with van der Waals surface area (Å²) < 4.78 is 0. The summed E-state index contributed by atoms with van der Waals surface area (Å²) in [6.45, 7) is 20.6. The highest BCUT2D eigenvalue weighted by molar-refractivity contribution is 6.08. The van der Waals surface area contributed by atoms with Gasteiger partial charge >= 0.3 is 0 Å². The van der Waals surface area contributed by atoms with Crippen LogP contribution in [-0.4, -0.2) is 16.6 Å². The fourth-order valence-electron chi connectivity index (χ4n) is 1.34. The molecule has 0 aromatic carbocycles. The first kappa shape index (κ1) is 16.8. The van der Waals surface area contributed by atoms with Crippen LogP contribution in [-0.2, 0) is 4.79 Å². The molecule has 19 heavy (non-hydrogen) atoms. The monoisotopic (exact) mass is 258 g/mol. The van der Waals surface area contributed by atoms with Crippen LogP contribution in [0.5, 0.6) is 0 Å². The van der Waals surface area contributed by atoms with Gasteiger partial charge < -0.3 is 0 Å². The summed E-state index contributed by atoms with van der Waals surface area (Å²) in [4.78, 5) is 17.3. The van der Waals surface area contributed by atoms with Gasteiger partial charge in [-0.1, -0.05) is 53.2 Å². The molecule has 0 aromatic rings. The summed E-state index contributed by atoms with van der Waals surface area (Å²) in [5, 5.41) is 0. The van der Waals surface area contributed by atoms with E-state index in [1.165, 1.54) is 23.3 Å². The van der Waals surface area contributed by atoms with E-state index in [2.05, 4.69) is 31.3 Å². The summed E-state index contributed by atoms with van der Waals surface area (Å²) in [5.41, 5.74) is 0.767. The number of allylic oxidation sites excluding steroid dienone is 2. The van der Waals surface area contributed by atoms with E-state index in [4.69, 9.17) is 0 Å². The molecule has 0 unspecified atom stereocenters. The summed E-state index contributed by atoms with van der Waals surface area (Å²) in [6, 6.07) is 0. The Labute approximate surface area is 116 Å². The van der Waals surface area contributed by atoms with Gasteiger partial charge in [-0.25, -0.2) is 4.99 Å². The van der Waals surface area contributed by atoms with Crippen LogP contribution in [0.2, 0.25) is 0 Å². The molecule has 0 heterocycles. The Hall–Kier alpha value is -2.16. The van der Waals surface area contributed by atoms with Crippen LogP contribution in [0.25, 0.3) is 0 Å².